The Morgan fingerprint density at radius 3 is 2.02 bits per heavy atom. The molecule has 4 rings (SSSR count). The summed E-state index contributed by atoms with van der Waals surface area (Å²) in [4.78, 5) is 49.7. The van der Waals surface area contributed by atoms with Crippen molar-refractivity contribution < 1.29 is 33.0 Å². The normalized spacial score (nSPS) is 16.5. The van der Waals surface area contributed by atoms with Crippen LogP contribution in [0.25, 0.3) is 11.0 Å². The molecule has 1 saturated heterocycles. The zero-order valence-electron chi connectivity index (χ0n) is 30.4. The average molecular weight is 684 g/mol. The summed E-state index contributed by atoms with van der Waals surface area (Å²) in [6, 6.07) is 6.25. The first-order valence-electron chi connectivity index (χ1n) is 19.1. The number of piperidine rings is 1. The van der Waals surface area contributed by atoms with Gasteiger partial charge in [0.2, 0.25) is 0 Å². The number of aryl methyl sites for hydroxylation is 1. The molecule has 2 fully saturated rings. The fraction of sp³-hybridized carbons (Fsp3) is 0.700. The van der Waals surface area contributed by atoms with Crippen LogP contribution in [-0.4, -0.2) is 48.7 Å². The Morgan fingerprint density at radius 1 is 0.755 bits per heavy atom. The number of ether oxygens (including phenoxy) is 3. The molecule has 0 radical (unpaired) electrons. The summed E-state index contributed by atoms with van der Waals surface area (Å²) in [6.45, 7) is 7.62. The number of amides is 1. The highest BCUT2D eigenvalue weighted by atomic mass is 16.6. The van der Waals surface area contributed by atoms with Crippen LogP contribution in [-0.2, 0) is 19.1 Å². The van der Waals surface area contributed by atoms with Crippen LogP contribution in [0.2, 0.25) is 0 Å². The summed E-state index contributed by atoms with van der Waals surface area (Å²) in [5.74, 6) is 0.768. The highest BCUT2D eigenvalue weighted by molar-refractivity contribution is 5.82. The zero-order chi connectivity index (χ0) is 35.3. The molecule has 9 nitrogen and oxygen atoms in total. The van der Waals surface area contributed by atoms with Gasteiger partial charge in [-0.05, 0) is 75.5 Å². The van der Waals surface area contributed by atoms with Gasteiger partial charge in [-0.1, -0.05) is 84.5 Å². The van der Waals surface area contributed by atoms with Gasteiger partial charge in [-0.25, -0.2) is 9.59 Å². The van der Waals surface area contributed by atoms with Crippen LogP contribution in [0.1, 0.15) is 148 Å². The highest BCUT2D eigenvalue weighted by Crippen LogP contribution is 2.25. The third-order valence-electron chi connectivity index (χ3n) is 9.60. The summed E-state index contributed by atoms with van der Waals surface area (Å²) in [5.41, 5.74) is 0.738. The molecular formula is C40H61NO8. The van der Waals surface area contributed by atoms with E-state index in [2.05, 4.69) is 13.8 Å². The molecule has 1 aliphatic heterocycles. The van der Waals surface area contributed by atoms with Crippen LogP contribution in [0.15, 0.2) is 33.5 Å². The first-order chi connectivity index (χ1) is 23.8. The second-order valence-electron chi connectivity index (χ2n) is 13.8. The summed E-state index contributed by atoms with van der Waals surface area (Å²) in [7, 11) is 0. The van der Waals surface area contributed by atoms with E-state index in [1.165, 1.54) is 76.7 Å². The number of esters is 2. The van der Waals surface area contributed by atoms with E-state index in [1.807, 2.05) is 6.92 Å². The number of carbonyl (C=O) groups excluding carboxylic acids is 3. The predicted octanol–water partition coefficient (Wildman–Crippen LogP) is 9.83. The van der Waals surface area contributed by atoms with Gasteiger partial charge >= 0.3 is 23.7 Å². The molecule has 9 heteroatoms. The Hall–Kier alpha value is -3.36. The molecule has 2 aromatic rings. The van der Waals surface area contributed by atoms with Crippen LogP contribution in [0, 0.1) is 12.8 Å². The molecule has 2 aliphatic rings. The fourth-order valence-electron chi connectivity index (χ4n) is 6.59. The van der Waals surface area contributed by atoms with E-state index in [1.54, 1.807) is 23.1 Å². The van der Waals surface area contributed by atoms with Crippen molar-refractivity contribution in [2.75, 3.05) is 19.8 Å². The van der Waals surface area contributed by atoms with Gasteiger partial charge in [-0.2, -0.15) is 0 Å². The number of rotatable bonds is 17. The van der Waals surface area contributed by atoms with Crippen molar-refractivity contribution in [3.05, 3.63) is 40.2 Å². The van der Waals surface area contributed by atoms with E-state index in [-0.39, 0.29) is 24.6 Å². The molecule has 0 N–H and O–H groups in total. The third kappa shape index (κ3) is 15.4. The van der Waals surface area contributed by atoms with Gasteiger partial charge in [0, 0.05) is 36.9 Å². The van der Waals surface area contributed by atoms with Gasteiger partial charge in [-0.3, -0.25) is 9.59 Å². The Balaban J connectivity index is 0.000000323. The van der Waals surface area contributed by atoms with Crippen LogP contribution in [0.5, 0.6) is 5.75 Å². The molecule has 1 aromatic carbocycles. The second kappa shape index (κ2) is 23.1. The number of nitrogens with zero attached hydrogens (tertiary/aromatic N) is 1. The third-order valence-corrected chi connectivity index (χ3v) is 9.60. The first kappa shape index (κ1) is 40.1. The minimum Gasteiger partial charge on any atom is -0.465 e. The van der Waals surface area contributed by atoms with Gasteiger partial charge in [0.15, 0.2) is 0 Å². The van der Waals surface area contributed by atoms with E-state index < -0.39 is 11.7 Å². The average Bonchev–Trinajstić information content (AvgIpc) is 3.10. The molecule has 1 saturated carbocycles. The molecule has 274 valence electrons. The smallest absolute Gasteiger partial charge is 0.415 e. The summed E-state index contributed by atoms with van der Waals surface area (Å²) in [5, 5.41) is 0.793. The number of unbranched alkanes of at least 4 members (excludes halogenated alkanes) is 8. The summed E-state index contributed by atoms with van der Waals surface area (Å²) in [6.07, 6.45) is 21.0. The minimum absolute atomic E-state index is 0.0204. The summed E-state index contributed by atoms with van der Waals surface area (Å²) < 4.78 is 21.6. The maximum Gasteiger partial charge on any atom is 0.415 e. The molecule has 1 amide bonds. The number of hydrogen-bond donors (Lipinski definition) is 0. The Labute approximate surface area is 293 Å². The van der Waals surface area contributed by atoms with Crippen LogP contribution in [0.4, 0.5) is 4.79 Å². The van der Waals surface area contributed by atoms with E-state index in [4.69, 9.17) is 18.6 Å². The fourth-order valence-corrected chi connectivity index (χ4v) is 6.59. The Kier molecular flexibility index (Phi) is 18.9. The van der Waals surface area contributed by atoms with Crippen molar-refractivity contribution in [1.82, 2.24) is 4.90 Å². The first-order valence-corrected chi connectivity index (χ1v) is 19.1. The lowest BCUT2D eigenvalue weighted by Gasteiger charge is -2.34. The van der Waals surface area contributed by atoms with Crippen molar-refractivity contribution in [2.45, 2.75) is 155 Å². The van der Waals surface area contributed by atoms with Gasteiger partial charge in [-0.15, -0.1) is 0 Å². The molecular weight excluding hydrogens is 622 g/mol. The van der Waals surface area contributed by atoms with Gasteiger partial charge in [0.25, 0.3) is 0 Å². The van der Waals surface area contributed by atoms with Gasteiger partial charge in [0.1, 0.15) is 17.9 Å². The molecule has 0 spiro atoms. The molecule has 49 heavy (non-hydrogen) atoms. The quantitative estimate of drug-likeness (QED) is 0.0920. The van der Waals surface area contributed by atoms with Crippen molar-refractivity contribution >= 4 is 29.0 Å². The zero-order valence-corrected chi connectivity index (χ0v) is 30.4. The largest absolute Gasteiger partial charge is 0.465 e. The SMILES string of the molecule is CCCCCCCC(=O)OCC1CCCCC1.CCCCCCCC(=O)OCC1CCCCN1C(=O)Oc1ccc2c(C)cc(=O)oc2c1. The second-order valence-corrected chi connectivity index (χ2v) is 13.8. The van der Waals surface area contributed by atoms with Crippen LogP contribution >= 0.6 is 0 Å². The Morgan fingerprint density at radius 2 is 1.37 bits per heavy atom. The number of fused-ring (bicyclic) bond motifs is 1. The van der Waals surface area contributed by atoms with Crippen molar-refractivity contribution in [3.63, 3.8) is 0 Å². The molecule has 1 aromatic heterocycles. The Bertz CT molecular complexity index is 1330. The molecule has 1 aliphatic carbocycles. The molecule has 1 atom stereocenters. The number of likely N-dealkylation sites (tertiary alicyclic amines) is 1. The van der Waals surface area contributed by atoms with Crippen molar-refractivity contribution in [2.24, 2.45) is 5.92 Å². The lowest BCUT2D eigenvalue weighted by molar-refractivity contribution is -0.146. The predicted molar refractivity (Wildman–Crippen MR) is 193 cm³/mol. The van der Waals surface area contributed by atoms with Gasteiger partial charge in [0.05, 0.1) is 12.6 Å². The number of carbonyl (C=O) groups is 3. The monoisotopic (exact) mass is 683 g/mol. The van der Waals surface area contributed by atoms with Gasteiger partial charge < -0.3 is 23.5 Å². The lowest BCUT2D eigenvalue weighted by atomic mass is 9.90. The van der Waals surface area contributed by atoms with E-state index in [0.717, 1.165) is 55.9 Å². The lowest BCUT2D eigenvalue weighted by Crippen LogP contribution is -2.47. The van der Waals surface area contributed by atoms with E-state index >= 15 is 0 Å². The number of benzene rings is 1. The molecule has 1 unspecified atom stereocenters. The number of hydrogen-bond acceptors (Lipinski definition) is 8. The molecule has 0 bridgehead atoms. The highest BCUT2D eigenvalue weighted by Gasteiger charge is 2.29. The van der Waals surface area contributed by atoms with Crippen molar-refractivity contribution in [3.8, 4) is 5.75 Å². The maximum atomic E-state index is 12.8. The van der Waals surface area contributed by atoms with Crippen LogP contribution in [0.3, 0.4) is 0 Å². The van der Waals surface area contributed by atoms with E-state index in [0.29, 0.717) is 43.2 Å². The minimum atomic E-state index is -0.486. The van der Waals surface area contributed by atoms with Crippen LogP contribution < -0.4 is 10.4 Å². The summed E-state index contributed by atoms with van der Waals surface area (Å²) >= 11 is 0. The maximum absolute atomic E-state index is 12.8. The van der Waals surface area contributed by atoms with Crippen molar-refractivity contribution in [1.29, 1.82) is 0 Å². The van der Waals surface area contributed by atoms with E-state index in [9.17, 15) is 19.2 Å². The standard InChI is InChI=1S/C25H33NO6.C15H28O2/c1-3-4-5-6-7-11-23(27)30-17-19-10-8-9-14-26(19)25(29)31-20-12-13-21-18(2)15-24(28)32-22(21)16-20;1-2-3-4-5-9-12-15(16)17-13-14-10-7-6-8-11-14/h12-13,15-16,19H,3-11,14,17H2,1-2H3;14H,2-13H2,1H3. The molecule has 2 heterocycles. The topological polar surface area (TPSA) is 112 Å².